The summed E-state index contributed by atoms with van der Waals surface area (Å²) in [5, 5.41) is 2.52. The molecule has 2 aromatic carbocycles. The molecule has 148 valence electrons. The first-order valence-electron chi connectivity index (χ1n) is 9.16. The van der Waals surface area contributed by atoms with E-state index in [-0.39, 0.29) is 10.9 Å². The number of methoxy groups -OCH3 is 1. The molecule has 2 aliphatic heterocycles. The van der Waals surface area contributed by atoms with Crippen molar-refractivity contribution >= 4 is 21.8 Å². The Hall–Kier alpha value is -2.42. The van der Waals surface area contributed by atoms with Crippen molar-refractivity contribution in [3.63, 3.8) is 0 Å². The van der Waals surface area contributed by atoms with Gasteiger partial charge in [0.25, 0.3) is 0 Å². The molecule has 1 unspecified atom stereocenters. The molecule has 2 heterocycles. The van der Waals surface area contributed by atoms with E-state index in [0.717, 1.165) is 18.5 Å². The molecule has 4 rings (SSSR count). The van der Waals surface area contributed by atoms with Gasteiger partial charge >= 0.3 is 6.09 Å². The summed E-state index contributed by atoms with van der Waals surface area (Å²) in [4.78, 5) is 13.7. The lowest BCUT2D eigenvalue weighted by molar-refractivity contribution is 0.178. The first-order valence-corrected chi connectivity index (χ1v) is 10.6. The molecule has 0 bridgehead atoms. The summed E-state index contributed by atoms with van der Waals surface area (Å²) in [6, 6.07) is 12.4. The Morgan fingerprint density at radius 2 is 1.86 bits per heavy atom. The first kappa shape index (κ1) is 18.9. The van der Waals surface area contributed by atoms with Crippen molar-refractivity contribution in [3.8, 4) is 0 Å². The Kier molecular flexibility index (Phi) is 4.86. The van der Waals surface area contributed by atoms with Crippen molar-refractivity contribution in [2.45, 2.75) is 23.9 Å². The van der Waals surface area contributed by atoms with Crippen LogP contribution >= 0.6 is 0 Å². The average molecular weight is 401 g/mol. The summed E-state index contributed by atoms with van der Waals surface area (Å²) < 4.78 is 32.6. The van der Waals surface area contributed by atoms with Crippen LogP contribution in [0.25, 0.3) is 0 Å². The molecule has 7 nitrogen and oxygen atoms in total. The van der Waals surface area contributed by atoms with Gasteiger partial charge in [-0.25, -0.2) is 13.2 Å². The maximum atomic E-state index is 13.3. The normalized spacial score (nSPS) is 19.7. The van der Waals surface area contributed by atoms with E-state index >= 15 is 0 Å². The van der Waals surface area contributed by atoms with Crippen molar-refractivity contribution in [1.29, 1.82) is 0 Å². The standard InChI is InChI=1S/C20H23N3O4S/c1-22-11-10-14-4-3-5-15-12-23(13-18(22)19(14)15)28(25,26)17-8-6-16(7-9-17)21-20(24)27-2/h3-9,18H,10-13H2,1-2H3,(H,21,24). The van der Waals surface area contributed by atoms with E-state index in [9.17, 15) is 13.2 Å². The molecule has 0 radical (unpaired) electrons. The topological polar surface area (TPSA) is 78.9 Å². The molecule has 0 fully saturated rings. The molecule has 0 saturated heterocycles. The van der Waals surface area contributed by atoms with Crippen LogP contribution in [0.3, 0.4) is 0 Å². The first-order chi connectivity index (χ1) is 13.4. The predicted octanol–water partition coefficient (Wildman–Crippen LogP) is 2.60. The third-order valence-electron chi connectivity index (χ3n) is 5.53. The molecule has 1 amide bonds. The summed E-state index contributed by atoms with van der Waals surface area (Å²) in [7, 11) is -0.325. The molecule has 2 aliphatic rings. The quantitative estimate of drug-likeness (QED) is 0.855. The number of hydrogen-bond acceptors (Lipinski definition) is 5. The van der Waals surface area contributed by atoms with Gasteiger partial charge in [0.1, 0.15) is 0 Å². The molecule has 1 N–H and O–H groups in total. The molecule has 2 aromatic rings. The fourth-order valence-corrected chi connectivity index (χ4v) is 5.44. The van der Waals surface area contributed by atoms with Gasteiger partial charge in [-0.05, 0) is 54.4 Å². The highest BCUT2D eigenvalue weighted by Crippen LogP contribution is 2.38. The Morgan fingerprint density at radius 1 is 1.14 bits per heavy atom. The lowest BCUT2D eigenvalue weighted by Gasteiger charge is -2.42. The average Bonchev–Trinajstić information content (AvgIpc) is 2.70. The Bertz CT molecular complexity index is 1000. The maximum absolute atomic E-state index is 13.3. The third-order valence-corrected chi connectivity index (χ3v) is 7.36. The van der Waals surface area contributed by atoms with Crippen LogP contribution in [0.15, 0.2) is 47.4 Å². The molecule has 0 saturated carbocycles. The molecule has 0 spiro atoms. The van der Waals surface area contributed by atoms with Crippen molar-refractivity contribution in [2.75, 3.05) is 32.6 Å². The number of sulfonamides is 1. The summed E-state index contributed by atoms with van der Waals surface area (Å²) in [6.07, 6.45) is 0.400. The Labute approximate surface area is 165 Å². The van der Waals surface area contributed by atoms with E-state index in [4.69, 9.17) is 0 Å². The zero-order chi connectivity index (χ0) is 19.9. The van der Waals surface area contributed by atoms with Crippen LogP contribution in [0.4, 0.5) is 10.5 Å². The van der Waals surface area contributed by atoms with Gasteiger partial charge in [-0.3, -0.25) is 10.2 Å². The van der Waals surface area contributed by atoms with Crippen LogP contribution < -0.4 is 5.32 Å². The number of benzene rings is 2. The minimum Gasteiger partial charge on any atom is -0.453 e. The van der Waals surface area contributed by atoms with E-state index < -0.39 is 16.1 Å². The van der Waals surface area contributed by atoms with Gasteiger partial charge in [-0.1, -0.05) is 18.2 Å². The van der Waals surface area contributed by atoms with Crippen LogP contribution in [-0.4, -0.2) is 51.0 Å². The molecular formula is C20H23N3O4S. The zero-order valence-electron chi connectivity index (χ0n) is 15.9. The Balaban J connectivity index is 1.63. The monoisotopic (exact) mass is 401 g/mol. The van der Waals surface area contributed by atoms with Gasteiger partial charge in [0, 0.05) is 31.4 Å². The number of hydrogen-bond donors (Lipinski definition) is 1. The third kappa shape index (κ3) is 3.28. The van der Waals surface area contributed by atoms with Crippen LogP contribution in [0.1, 0.15) is 22.7 Å². The fourth-order valence-electron chi connectivity index (χ4n) is 4.01. The summed E-state index contributed by atoms with van der Waals surface area (Å²) in [5.74, 6) is 0. The van der Waals surface area contributed by atoms with E-state index in [1.54, 1.807) is 16.4 Å². The van der Waals surface area contributed by atoms with Gasteiger partial charge < -0.3 is 4.74 Å². The van der Waals surface area contributed by atoms with Gasteiger partial charge in [0.05, 0.1) is 12.0 Å². The number of carbonyl (C=O) groups is 1. The number of amides is 1. The highest BCUT2D eigenvalue weighted by molar-refractivity contribution is 7.89. The number of carbonyl (C=O) groups excluding carboxylic acids is 1. The number of nitrogens with zero attached hydrogens (tertiary/aromatic N) is 2. The van der Waals surface area contributed by atoms with E-state index in [1.807, 2.05) is 19.2 Å². The summed E-state index contributed by atoms with van der Waals surface area (Å²) in [6.45, 7) is 1.73. The number of ether oxygens (including phenoxy) is 1. The van der Waals surface area contributed by atoms with Crippen molar-refractivity contribution in [2.24, 2.45) is 0 Å². The Morgan fingerprint density at radius 3 is 2.57 bits per heavy atom. The van der Waals surface area contributed by atoms with Crippen LogP contribution in [-0.2, 0) is 27.7 Å². The van der Waals surface area contributed by atoms with Gasteiger partial charge in [-0.15, -0.1) is 0 Å². The van der Waals surface area contributed by atoms with E-state index in [2.05, 4.69) is 21.0 Å². The number of likely N-dealkylation sites (N-methyl/N-ethyl adjacent to an activating group) is 1. The second-order valence-electron chi connectivity index (χ2n) is 7.17. The largest absolute Gasteiger partial charge is 0.453 e. The van der Waals surface area contributed by atoms with Crippen LogP contribution in [0.5, 0.6) is 0 Å². The van der Waals surface area contributed by atoms with E-state index in [0.29, 0.717) is 18.8 Å². The number of rotatable bonds is 3. The predicted molar refractivity (Wildman–Crippen MR) is 106 cm³/mol. The molecule has 1 atom stereocenters. The van der Waals surface area contributed by atoms with Crippen molar-refractivity contribution in [3.05, 3.63) is 59.2 Å². The lowest BCUT2D eigenvalue weighted by atomic mass is 9.86. The minimum atomic E-state index is -3.65. The fraction of sp³-hybridized carbons (Fsp3) is 0.350. The molecular weight excluding hydrogens is 378 g/mol. The summed E-state index contributed by atoms with van der Waals surface area (Å²) >= 11 is 0. The second-order valence-corrected chi connectivity index (χ2v) is 9.11. The second kappa shape index (κ2) is 7.20. The van der Waals surface area contributed by atoms with Gasteiger partial charge in [-0.2, -0.15) is 4.31 Å². The highest BCUT2D eigenvalue weighted by atomic mass is 32.2. The van der Waals surface area contributed by atoms with Crippen molar-refractivity contribution in [1.82, 2.24) is 9.21 Å². The molecule has 0 aromatic heterocycles. The maximum Gasteiger partial charge on any atom is 0.411 e. The van der Waals surface area contributed by atoms with Crippen molar-refractivity contribution < 1.29 is 17.9 Å². The molecule has 0 aliphatic carbocycles. The zero-order valence-corrected chi connectivity index (χ0v) is 16.7. The van der Waals surface area contributed by atoms with Crippen LogP contribution in [0, 0.1) is 0 Å². The smallest absolute Gasteiger partial charge is 0.411 e. The van der Waals surface area contributed by atoms with Gasteiger partial charge in [0.2, 0.25) is 10.0 Å². The molecule has 8 heteroatoms. The van der Waals surface area contributed by atoms with E-state index in [1.165, 1.54) is 30.4 Å². The summed E-state index contributed by atoms with van der Waals surface area (Å²) in [5.41, 5.74) is 4.18. The van der Waals surface area contributed by atoms with Gasteiger partial charge in [0.15, 0.2) is 0 Å². The van der Waals surface area contributed by atoms with Crippen LogP contribution in [0.2, 0.25) is 0 Å². The SMILES string of the molecule is COC(=O)Nc1ccc(S(=O)(=O)N2Cc3cccc4c3C(C2)N(C)CC4)cc1. The molecule has 28 heavy (non-hydrogen) atoms. The minimum absolute atomic E-state index is 0.0729. The number of anilines is 1. The highest BCUT2D eigenvalue weighted by Gasteiger charge is 2.37. The number of nitrogens with one attached hydrogen (secondary N) is 1. The lowest BCUT2D eigenvalue weighted by Crippen LogP contribution is -2.46.